The fraction of sp³-hybridized carbons (Fsp3) is 0.462. The van der Waals surface area contributed by atoms with Gasteiger partial charge in [-0.25, -0.2) is 4.98 Å². The summed E-state index contributed by atoms with van der Waals surface area (Å²) in [4.78, 5) is 50.6. The second-order valence-electron chi connectivity index (χ2n) is 4.75. The van der Waals surface area contributed by atoms with Crippen molar-refractivity contribution in [3.63, 3.8) is 0 Å². The highest BCUT2D eigenvalue weighted by molar-refractivity contribution is 7.09. The highest BCUT2D eigenvalue weighted by Gasteiger charge is 2.14. The molecule has 3 N–H and O–H groups in total. The molecule has 0 unspecified atom stereocenters. The lowest BCUT2D eigenvalue weighted by molar-refractivity contribution is -0.125. The van der Waals surface area contributed by atoms with Gasteiger partial charge in [-0.05, 0) is 6.42 Å². The number of carbonyl (C=O) groups is 4. The van der Waals surface area contributed by atoms with Crippen molar-refractivity contribution < 1.29 is 19.2 Å². The summed E-state index contributed by atoms with van der Waals surface area (Å²) in [6.07, 6.45) is 0.889. The molecule has 0 aliphatic carbocycles. The normalized spacial score (nSPS) is 18.4. The topological polar surface area (TPSA) is 117 Å². The minimum atomic E-state index is -0.470. The van der Waals surface area contributed by atoms with Gasteiger partial charge >= 0.3 is 0 Å². The van der Waals surface area contributed by atoms with Gasteiger partial charge < -0.3 is 16.0 Å². The van der Waals surface area contributed by atoms with Crippen LogP contribution in [-0.4, -0.2) is 41.6 Å². The molecule has 9 heteroatoms. The number of nitrogens with zero attached hydrogens (tertiary/aromatic N) is 1. The summed E-state index contributed by atoms with van der Waals surface area (Å²) < 4.78 is 0. The van der Waals surface area contributed by atoms with Crippen molar-refractivity contribution in [1.29, 1.82) is 0 Å². The molecule has 8 nitrogen and oxygen atoms in total. The molecule has 0 fully saturated rings. The van der Waals surface area contributed by atoms with Crippen LogP contribution >= 0.6 is 11.3 Å². The Bertz CT molecular complexity index is 599. The lowest BCUT2D eigenvalue weighted by Crippen LogP contribution is -2.39. The maximum atomic E-state index is 11.8. The summed E-state index contributed by atoms with van der Waals surface area (Å²) in [7, 11) is 0. The average molecular weight is 324 g/mol. The first kappa shape index (κ1) is 16.1. The number of aromatic nitrogens is 1. The van der Waals surface area contributed by atoms with Gasteiger partial charge in [-0.3, -0.25) is 19.2 Å². The van der Waals surface area contributed by atoms with E-state index in [0.29, 0.717) is 11.4 Å². The number of Topliss-reactive ketones (excluding diaryl/α,β-unsaturated/α-hetero) is 1. The number of fused-ring (bicyclic) bond motifs is 2. The maximum absolute atomic E-state index is 11.8. The second-order valence-corrected chi connectivity index (χ2v) is 5.70. The number of hydrogen-bond donors (Lipinski definition) is 3. The molecule has 1 aliphatic rings. The lowest BCUT2D eigenvalue weighted by Gasteiger charge is -2.07. The molecule has 1 aromatic heterocycles. The molecule has 2 heterocycles. The van der Waals surface area contributed by atoms with Gasteiger partial charge in [0, 0.05) is 18.2 Å². The van der Waals surface area contributed by atoms with E-state index in [0.717, 1.165) is 0 Å². The summed E-state index contributed by atoms with van der Waals surface area (Å²) in [5.41, 5.74) is 0.199. The third kappa shape index (κ3) is 4.92. The first-order chi connectivity index (χ1) is 10.5. The molecule has 3 amide bonds. The van der Waals surface area contributed by atoms with Crippen LogP contribution in [0.15, 0.2) is 5.38 Å². The van der Waals surface area contributed by atoms with Crippen LogP contribution < -0.4 is 16.0 Å². The number of thiazole rings is 1. The van der Waals surface area contributed by atoms with Crippen molar-refractivity contribution in [2.45, 2.75) is 25.8 Å². The first-order valence-electron chi connectivity index (χ1n) is 6.82. The van der Waals surface area contributed by atoms with Crippen LogP contribution in [0.5, 0.6) is 0 Å². The van der Waals surface area contributed by atoms with Gasteiger partial charge in [0.25, 0.3) is 5.91 Å². The zero-order valence-corrected chi connectivity index (χ0v) is 12.6. The second kappa shape index (κ2) is 7.64. The molecule has 0 saturated heterocycles. The Balaban J connectivity index is 2.03. The molecule has 0 radical (unpaired) electrons. The quantitative estimate of drug-likeness (QED) is 0.587. The molecule has 2 rings (SSSR count). The average Bonchev–Trinajstić information content (AvgIpc) is 2.96. The number of ketones is 1. The van der Waals surface area contributed by atoms with E-state index < -0.39 is 11.8 Å². The Labute approximate surface area is 130 Å². The van der Waals surface area contributed by atoms with Gasteiger partial charge in [0.2, 0.25) is 11.8 Å². The highest BCUT2D eigenvalue weighted by Crippen LogP contribution is 2.09. The van der Waals surface area contributed by atoms with Crippen LogP contribution in [0.2, 0.25) is 0 Å². The van der Waals surface area contributed by atoms with Crippen LogP contribution in [0.3, 0.4) is 0 Å². The Morgan fingerprint density at radius 3 is 2.50 bits per heavy atom. The Morgan fingerprint density at radius 1 is 0.909 bits per heavy atom. The van der Waals surface area contributed by atoms with E-state index in [9.17, 15) is 19.2 Å². The smallest absolute Gasteiger partial charge is 0.271 e. The van der Waals surface area contributed by atoms with Crippen molar-refractivity contribution in [1.82, 2.24) is 20.9 Å². The van der Waals surface area contributed by atoms with E-state index >= 15 is 0 Å². The molecular formula is C13H16N4O4S. The predicted octanol–water partition coefficient (Wildman–Crippen LogP) is -0.642. The van der Waals surface area contributed by atoms with Crippen molar-refractivity contribution in [3.8, 4) is 0 Å². The summed E-state index contributed by atoms with van der Waals surface area (Å²) in [6, 6.07) is 0. The maximum Gasteiger partial charge on any atom is 0.271 e. The van der Waals surface area contributed by atoms with E-state index in [1.165, 1.54) is 11.3 Å². The van der Waals surface area contributed by atoms with Crippen molar-refractivity contribution in [2.75, 3.05) is 13.1 Å². The molecular weight excluding hydrogens is 308 g/mol. The summed E-state index contributed by atoms with van der Waals surface area (Å²) in [5, 5.41) is 9.71. The molecule has 0 atom stereocenters. The highest BCUT2D eigenvalue weighted by atomic mass is 32.1. The van der Waals surface area contributed by atoms with Crippen LogP contribution in [0.1, 0.15) is 34.8 Å². The molecule has 1 aromatic rings. The Hall–Kier alpha value is -2.29. The van der Waals surface area contributed by atoms with Crippen molar-refractivity contribution in [3.05, 3.63) is 16.1 Å². The standard InChI is InChI=1S/C13H16N4O4S/c18-8-2-1-3-10(19)15-6-12-17-9(7-22-12)13(21)16-5-11(20)14-4-8/h7H,1-6H2,(H,14,20)(H,15,19)(H,16,21). The van der Waals surface area contributed by atoms with Crippen LogP contribution in [0.25, 0.3) is 0 Å². The van der Waals surface area contributed by atoms with Crippen LogP contribution in [-0.2, 0) is 20.9 Å². The molecule has 0 spiro atoms. The van der Waals surface area contributed by atoms with Gasteiger partial charge in [-0.2, -0.15) is 0 Å². The minimum Gasteiger partial charge on any atom is -0.350 e. The number of nitrogens with one attached hydrogen (secondary N) is 3. The SMILES string of the molecule is O=C1CCCC(=O)NCc2nc(cs2)C(=O)NCC(=O)NC1. The fourth-order valence-corrected chi connectivity index (χ4v) is 2.52. The van der Waals surface area contributed by atoms with Crippen LogP contribution in [0, 0.1) is 0 Å². The molecule has 2 bridgehead atoms. The summed E-state index contributed by atoms with van der Waals surface area (Å²) >= 11 is 1.26. The monoisotopic (exact) mass is 324 g/mol. The predicted molar refractivity (Wildman–Crippen MR) is 78.2 cm³/mol. The number of carbonyl (C=O) groups excluding carboxylic acids is 4. The zero-order chi connectivity index (χ0) is 15.9. The number of rotatable bonds is 0. The van der Waals surface area contributed by atoms with E-state index in [1.807, 2.05) is 0 Å². The Kier molecular flexibility index (Phi) is 5.59. The third-order valence-electron chi connectivity index (χ3n) is 2.97. The molecule has 118 valence electrons. The van der Waals surface area contributed by atoms with Gasteiger partial charge in [0.15, 0.2) is 5.78 Å². The summed E-state index contributed by atoms with van der Waals surface area (Å²) in [6.45, 7) is -0.0713. The number of amides is 3. The van der Waals surface area contributed by atoms with E-state index in [2.05, 4.69) is 20.9 Å². The van der Waals surface area contributed by atoms with Gasteiger partial charge in [-0.1, -0.05) is 0 Å². The minimum absolute atomic E-state index is 0.100. The molecule has 22 heavy (non-hydrogen) atoms. The molecule has 1 aliphatic heterocycles. The van der Waals surface area contributed by atoms with Crippen molar-refractivity contribution >= 4 is 34.8 Å². The molecule has 0 aromatic carbocycles. The lowest BCUT2D eigenvalue weighted by atomic mass is 10.1. The van der Waals surface area contributed by atoms with Crippen molar-refractivity contribution in [2.24, 2.45) is 0 Å². The third-order valence-corrected chi connectivity index (χ3v) is 3.82. The van der Waals surface area contributed by atoms with E-state index in [-0.39, 0.29) is 49.9 Å². The molecule has 0 saturated carbocycles. The van der Waals surface area contributed by atoms with E-state index in [1.54, 1.807) is 5.38 Å². The fourth-order valence-electron chi connectivity index (χ4n) is 1.80. The zero-order valence-electron chi connectivity index (χ0n) is 11.8. The van der Waals surface area contributed by atoms with Gasteiger partial charge in [0.1, 0.15) is 10.7 Å². The van der Waals surface area contributed by atoms with Gasteiger partial charge in [0.05, 0.1) is 19.6 Å². The summed E-state index contributed by atoms with van der Waals surface area (Å²) in [5.74, 6) is -1.24. The van der Waals surface area contributed by atoms with Gasteiger partial charge in [-0.15, -0.1) is 11.3 Å². The first-order valence-corrected chi connectivity index (χ1v) is 7.70. The largest absolute Gasteiger partial charge is 0.350 e. The number of hydrogen-bond acceptors (Lipinski definition) is 6. The van der Waals surface area contributed by atoms with E-state index in [4.69, 9.17) is 0 Å². The Morgan fingerprint density at radius 2 is 1.68 bits per heavy atom. The van der Waals surface area contributed by atoms with Crippen LogP contribution in [0.4, 0.5) is 0 Å².